The van der Waals surface area contributed by atoms with Crippen LogP contribution in [0.2, 0.25) is 0 Å². The SMILES string of the molecule is Nc1ccc(N2CC3CCCN3CC2=O)cn1. The molecule has 2 fully saturated rings. The van der Waals surface area contributed by atoms with Crippen LogP contribution < -0.4 is 10.6 Å². The van der Waals surface area contributed by atoms with Crippen molar-refractivity contribution in [3.05, 3.63) is 18.3 Å². The second-order valence-electron chi connectivity index (χ2n) is 4.71. The van der Waals surface area contributed by atoms with Gasteiger partial charge in [-0.2, -0.15) is 0 Å². The number of carbonyl (C=O) groups excluding carboxylic acids is 1. The molecule has 0 bridgehead atoms. The van der Waals surface area contributed by atoms with Gasteiger partial charge in [-0.25, -0.2) is 4.98 Å². The van der Waals surface area contributed by atoms with Crippen molar-refractivity contribution in [1.29, 1.82) is 0 Å². The van der Waals surface area contributed by atoms with Gasteiger partial charge in [0, 0.05) is 12.6 Å². The van der Waals surface area contributed by atoms with Gasteiger partial charge >= 0.3 is 0 Å². The molecule has 1 atom stereocenters. The highest BCUT2D eigenvalue weighted by molar-refractivity contribution is 5.95. The van der Waals surface area contributed by atoms with Crippen LogP contribution in [0.1, 0.15) is 12.8 Å². The molecule has 1 aromatic heterocycles. The third-order valence-electron chi connectivity index (χ3n) is 3.61. The highest BCUT2D eigenvalue weighted by Gasteiger charge is 2.35. The molecule has 0 aromatic carbocycles. The van der Waals surface area contributed by atoms with Crippen molar-refractivity contribution in [2.24, 2.45) is 0 Å². The zero-order valence-electron chi connectivity index (χ0n) is 9.67. The normalized spacial score (nSPS) is 25.1. The number of rotatable bonds is 1. The zero-order chi connectivity index (χ0) is 11.8. The smallest absolute Gasteiger partial charge is 0.241 e. The Balaban J connectivity index is 1.83. The van der Waals surface area contributed by atoms with Gasteiger partial charge in [0.1, 0.15) is 5.82 Å². The van der Waals surface area contributed by atoms with E-state index < -0.39 is 0 Å². The number of piperazine rings is 1. The lowest BCUT2D eigenvalue weighted by molar-refractivity contribution is -0.121. The Labute approximate surface area is 100 Å². The lowest BCUT2D eigenvalue weighted by Gasteiger charge is -2.36. The van der Waals surface area contributed by atoms with E-state index in [1.807, 2.05) is 11.0 Å². The first kappa shape index (κ1) is 10.5. The first-order valence-corrected chi connectivity index (χ1v) is 6.00. The van der Waals surface area contributed by atoms with Crippen LogP contribution in [-0.4, -0.2) is 41.5 Å². The van der Waals surface area contributed by atoms with Gasteiger partial charge in [-0.15, -0.1) is 0 Å². The number of nitrogen functional groups attached to an aromatic ring is 1. The Kier molecular flexibility index (Phi) is 2.48. The summed E-state index contributed by atoms with van der Waals surface area (Å²) in [7, 11) is 0. The molecule has 3 heterocycles. The van der Waals surface area contributed by atoms with Gasteiger partial charge in [0.05, 0.1) is 18.4 Å². The van der Waals surface area contributed by atoms with Gasteiger partial charge in [0.2, 0.25) is 5.91 Å². The number of nitrogens with zero attached hydrogens (tertiary/aromatic N) is 3. The summed E-state index contributed by atoms with van der Waals surface area (Å²) in [5.74, 6) is 0.649. The third-order valence-corrected chi connectivity index (χ3v) is 3.61. The number of pyridine rings is 1. The molecule has 3 rings (SSSR count). The maximum Gasteiger partial charge on any atom is 0.241 e. The number of aromatic nitrogens is 1. The molecule has 5 nitrogen and oxygen atoms in total. The number of hydrogen-bond acceptors (Lipinski definition) is 4. The van der Waals surface area contributed by atoms with E-state index in [4.69, 9.17) is 5.73 Å². The molecule has 0 saturated carbocycles. The Morgan fingerprint density at radius 2 is 2.29 bits per heavy atom. The molecule has 2 saturated heterocycles. The van der Waals surface area contributed by atoms with Gasteiger partial charge in [-0.05, 0) is 31.5 Å². The molecule has 0 spiro atoms. The fourth-order valence-electron chi connectivity index (χ4n) is 2.69. The Morgan fingerprint density at radius 1 is 1.41 bits per heavy atom. The van der Waals surface area contributed by atoms with Crippen LogP contribution in [0.5, 0.6) is 0 Å². The number of amides is 1. The summed E-state index contributed by atoms with van der Waals surface area (Å²) in [4.78, 5) is 20.2. The minimum atomic E-state index is 0.162. The molecule has 2 N–H and O–H groups in total. The summed E-state index contributed by atoms with van der Waals surface area (Å²) < 4.78 is 0. The van der Waals surface area contributed by atoms with E-state index in [2.05, 4.69) is 9.88 Å². The third kappa shape index (κ3) is 1.86. The van der Waals surface area contributed by atoms with Gasteiger partial charge < -0.3 is 10.6 Å². The predicted octanol–water partition coefficient (Wildman–Crippen LogP) is 0.475. The first-order chi connectivity index (χ1) is 8.24. The predicted molar refractivity (Wildman–Crippen MR) is 65.6 cm³/mol. The average Bonchev–Trinajstić information content (AvgIpc) is 2.76. The van der Waals surface area contributed by atoms with Gasteiger partial charge in [0.25, 0.3) is 0 Å². The second-order valence-corrected chi connectivity index (χ2v) is 4.71. The van der Waals surface area contributed by atoms with Crippen molar-refractivity contribution in [1.82, 2.24) is 9.88 Å². The monoisotopic (exact) mass is 232 g/mol. The summed E-state index contributed by atoms with van der Waals surface area (Å²) in [5, 5.41) is 0. The lowest BCUT2D eigenvalue weighted by atomic mass is 10.1. The van der Waals surface area contributed by atoms with E-state index in [1.54, 1.807) is 12.3 Å². The molecular formula is C12H16N4O. The number of hydrogen-bond donors (Lipinski definition) is 1. The molecule has 2 aliphatic heterocycles. The molecule has 17 heavy (non-hydrogen) atoms. The van der Waals surface area contributed by atoms with E-state index in [0.29, 0.717) is 18.4 Å². The summed E-state index contributed by atoms with van der Waals surface area (Å²) in [5.41, 5.74) is 6.41. The Hall–Kier alpha value is -1.62. The molecule has 1 unspecified atom stereocenters. The van der Waals surface area contributed by atoms with Gasteiger partial charge in [0.15, 0.2) is 0 Å². The van der Waals surface area contributed by atoms with Crippen LogP contribution >= 0.6 is 0 Å². The molecule has 1 aromatic rings. The minimum absolute atomic E-state index is 0.162. The van der Waals surface area contributed by atoms with Crippen molar-refractivity contribution in [2.75, 3.05) is 30.3 Å². The van der Waals surface area contributed by atoms with E-state index in [9.17, 15) is 4.79 Å². The van der Waals surface area contributed by atoms with E-state index in [1.165, 1.54) is 12.8 Å². The lowest BCUT2D eigenvalue weighted by Crippen LogP contribution is -2.53. The van der Waals surface area contributed by atoms with E-state index >= 15 is 0 Å². The van der Waals surface area contributed by atoms with Gasteiger partial charge in [-0.1, -0.05) is 0 Å². The summed E-state index contributed by atoms with van der Waals surface area (Å²) in [6, 6.07) is 4.12. The zero-order valence-corrected chi connectivity index (χ0v) is 9.67. The topological polar surface area (TPSA) is 62.5 Å². The molecule has 5 heteroatoms. The first-order valence-electron chi connectivity index (χ1n) is 6.00. The van der Waals surface area contributed by atoms with Crippen molar-refractivity contribution < 1.29 is 4.79 Å². The number of fused-ring (bicyclic) bond motifs is 1. The fourth-order valence-corrected chi connectivity index (χ4v) is 2.69. The van der Waals surface area contributed by atoms with Crippen molar-refractivity contribution in [3.8, 4) is 0 Å². The summed E-state index contributed by atoms with van der Waals surface area (Å²) in [6.45, 7) is 2.38. The Bertz CT molecular complexity index is 431. The highest BCUT2D eigenvalue weighted by atomic mass is 16.2. The van der Waals surface area contributed by atoms with Gasteiger partial charge in [-0.3, -0.25) is 9.69 Å². The van der Waals surface area contributed by atoms with Crippen LogP contribution in [0.25, 0.3) is 0 Å². The number of nitrogens with two attached hydrogens (primary N) is 1. The Morgan fingerprint density at radius 3 is 3.06 bits per heavy atom. The highest BCUT2D eigenvalue weighted by Crippen LogP contribution is 2.25. The van der Waals surface area contributed by atoms with Crippen molar-refractivity contribution in [3.63, 3.8) is 0 Å². The quantitative estimate of drug-likeness (QED) is 0.764. The summed E-state index contributed by atoms with van der Waals surface area (Å²) in [6.07, 6.45) is 4.07. The second kappa shape index (κ2) is 4.00. The molecule has 0 radical (unpaired) electrons. The number of carbonyl (C=O) groups is 1. The number of anilines is 2. The molecular weight excluding hydrogens is 216 g/mol. The molecule has 90 valence electrons. The van der Waals surface area contributed by atoms with E-state index in [-0.39, 0.29) is 5.91 Å². The van der Waals surface area contributed by atoms with E-state index in [0.717, 1.165) is 18.8 Å². The maximum atomic E-state index is 12.0. The van der Waals surface area contributed by atoms with Crippen LogP contribution in [0.15, 0.2) is 18.3 Å². The minimum Gasteiger partial charge on any atom is -0.384 e. The van der Waals surface area contributed by atoms with Crippen molar-refractivity contribution >= 4 is 17.4 Å². The van der Waals surface area contributed by atoms with Crippen LogP contribution in [0.3, 0.4) is 0 Å². The summed E-state index contributed by atoms with van der Waals surface area (Å²) >= 11 is 0. The van der Waals surface area contributed by atoms with Crippen LogP contribution in [0, 0.1) is 0 Å². The largest absolute Gasteiger partial charge is 0.384 e. The molecule has 2 aliphatic rings. The fraction of sp³-hybridized carbons (Fsp3) is 0.500. The molecule has 0 aliphatic carbocycles. The van der Waals surface area contributed by atoms with Crippen LogP contribution in [-0.2, 0) is 4.79 Å². The van der Waals surface area contributed by atoms with Crippen molar-refractivity contribution in [2.45, 2.75) is 18.9 Å². The van der Waals surface area contributed by atoms with Crippen LogP contribution in [0.4, 0.5) is 11.5 Å². The average molecular weight is 232 g/mol. The standard InChI is InChI=1S/C12H16N4O/c13-11-4-3-9(6-14-11)16-7-10-2-1-5-15(10)8-12(16)17/h3-4,6,10H,1-2,5,7-8H2,(H2,13,14). The maximum absolute atomic E-state index is 12.0. The molecule has 1 amide bonds.